The Morgan fingerprint density at radius 2 is 1.61 bits per heavy atom. The molecule has 3 aromatic carbocycles. The highest BCUT2D eigenvalue weighted by Crippen LogP contribution is 2.28. The number of sulfonamides is 1. The van der Waals surface area contributed by atoms with Crippen LogP contribution in [0, 0.1) is 5.41 Å². The van der Waals surface area contributed by atoms with E-state index >= 15 is 0 Å². The molecular weight excluding hydrogens is 500 g/mol. The third-order valence-electron chi connectivity index (χ3n) is 5.68. The normalized spacial score (nSPS) is 12.8. The second kappa shape index (κ2) is 10.6. The average molecular weight is 529 g/mol. The van der Waals surface area contributed by atoms with Gasteiger partial charge in [-0.1, -0.05) is 48.5 Å². The molecule has 0 aromatic heterocycles. The maximum absolute atomic E-state index is 13.2. The quantitative estimate of drug-likeness (QED) is 0.287. The van der Waals surface area contributed by atoms with E-state index in [9.17, 15) is 21.6 Å². The average Bonchev–Trinajstić information content (AvgIpc) is 2.81. The van der Waals surface area contributed by atoms with E-state index < -0.39 is 31.8 Å². The molecule has 11 heteroatoms. The smallest absolute Gasteiger partial charge is 0.243 e. The summed E-state index contributed by atoms with van der Waals surface area (Å²) in [5.74, 6) is -0.674. The molecule has 190 valence electrons. The molecule has 3 rings (SSSR count). The van der Waals surface area contributed by atoms with Gasteiger partial charge in [-0.3, -0.25) is 10.2 Å². The van der Waals surface area contributed by atoms with Crippen LogP contribution in [-0.2, 0) is 31.1 Å². The Kier molecular flexibility index (Phi) is 7.97. The Morgan fingerprint density at radius 3 is 2.19 bits per heavy atom. The molecule has 0 aliphatic carbocycles. The van der Waals surface area contributed by atoms with Crippen LogP contribution >= 0.6 is 0 Å². The van der Waals surface area contributed by atoms with Crippen LogP contribution in [0.1, 0.15) is 11.1 Å². The minimum absolute atomic E-state index is 0.0658. The molecule has 0 unspecified atom stereocenters. The third-order valence-corrected chi connectivity index (χ3v) is 8.14. The number of anilines is 1. The first-order valence-corrected chi connectivity index (χ1v) is 14.6. The molecule has 0 spiro atoms. The van der Waals surface area contributed by atoms with E-state index in [-0.39, 0.29) is 17.2 Å². The zero-order chi connectivity index (χ0) is 26.7. The molecular formula is C25H28N4O5S2. The summed E-state index contributed by atoms with van der Waals surface area (Å²) in [5, 5.41) is 10.4. The molecule has 0 saturated carbocycles. The number of likely N-dealkylation sites (N-methyl/N-ethyl adjacent to an activating group) is 1. The van der Waals surface area contributed by atoms with E-state index in [1.54, 1.807) is 66.7 Å². The zero-order valence-electron chi connectivity index (χ0n) is 20.1. The summed E-state index contributed by atoms with van der Waals surface area (Å²) >= 11 is 0. The molecule has 0 fully saturated rings. The van der Waals surface area contributed by atoms with E-state index in [0.29, 0.717) is 27.9 Å². The molecule has 3 aromatic rings. The molecule has 4 N–H and O–H groups in total. The Balaban J connectivity index is 1.87. The number of nitrogens with zero attached hydrogens (tertiary/aromatic N) is 1. The molecule has 0 radical (unpaired) electrons. The van der Waals surface area contributed by atoms with Crippen LogP contribution in [0.15, 0.2) is 77.7 Å². The lowest BCUT2D eigenvalue weighted by molar-refractivity contribution is -0.119. The Labute approximate surface area is 211 Å². The van der Waals surface area contributed by atoms with Gasteiger partial charge in [-0.2, -0.15) is 4.31 Å². The topological polar surface area (TPSA) is 150 Å². The van der Waals surface area contributed by atoms with Crippen LogP contribution in [0.25, 0.3) is 11.1 Å². The van der Waals surface area contributed by atoms with Gasteiger partial charge in [0.1, 0.15) is 11.9 Å². The highest BCUT2D eigenvalue weighted by molar-refractivity contribution is 7.90. The van der Waals surface area contributed by atoms with Crippen molar-refractivity contribution >= 4 is 37.3 Å². The number of carbonyl (C=O) groups is 1. The van der Waals surface area contributed by atoms with Crippen molar-refractivity contribution in [2.45, 2.75) is 17.4 Å². The van der Waals surface area contributed by atoms with Gasteiger partial charge in [0.2, 0.25) is 15.9 Å². The third kappa shape index (κ3) is 6.56. The molecule has 1 atom stereocenters. The number of amides is 1. The number of hydrogen-bond acceptors (Lipinski definition) is 6. The molecule has 0 aliphatic heterocycles. The fourth-order valence-corrected chi connectivity index (χ4v) is 5.24. The molecule has 0 aliphatic rings. The second-order valence-electron chi connectivity index (χ2n) is 8.45. The van der Waals surface area contributed by atoms with Crippen LogP contribution in [0.4, 0.5) is 5.69 Å². The molecule has 0 bridgehead atoms. The second-order valence-corrected chi connectivity index (χ2v) is 12.5. The Hall–Kier alpha value is -3.54. The number of nitrogens with two attached hydrogens (primary N) is 1. The fourth-order valence-electron chi connectivity index (χ4n) is 3.69. The van der Waals surface area contributed by atoms with E-state index in [0.717, 1.165) is 16.8 Å². The first kappa shape index (κ1) is 27.1. The summed E-state index contributed by atoms with van der Waals surface area (Å²) in [5.41, 5.74) is 8.29. The number of nitrogens with one attached hydrogen (secondary N) is 2. The van der Waals surface area contributed by atoms with Gasteiger partial charge in [-0.05, 0) is 41.8 Å². The van der Waals surface area contributed by atoms with E-state index in [2.05, 4.69) is 5.32 Å². The van der Waals surface area contributed by atoms with E-state index in [1.165, 1.54) is 13.1 Å². The molecule has 0 saturated heterocycles. The maximum Gasteiger partial charge on any atom is 0.243 e. The minimum atomic E-state index is -3.70. The van der Waals surface area contributed by atoms with Gasteiger partial charge in [-0.15, -0.1) is 0 Å². The van der Waals surface area contributed by atoms with Crippen molar-refractivity contribution in [2.75, 3.05) is 24.9 Å². The van der Waals surface area contributed by atoms with Crippen molar-refractivity contribution in [3.05, 3.63) is 83.9 Å². The number of nitrogen functional groups attached to an aromatic ring is 1. The van der Waals surface area contributed by atoms with Gasteiger partial charge in [0.25, 0.3) is 0 Å². The summed E-state index contributed by atoms with van der Waals surface area (Å²) in [4.78, 5) is 13.4. The SMILES string of the molecule is CN([C@@H](Cc1cccc(C(=N)N)c1)C(=O)Nc1ccc(-c2ccccc2S(C)(=O)=O)cc1)S(C)(=O)=O. The van der Waals surface area contributed by atoms with Crippen molar-refractivity contribution < 1.29 is 21.6 Å². The van der Waals surface area contributed by atoms with Crippen molar-refractivity contribution in [3.8, 4) is 11.1 Å². The molecule has 36 heavy (non-hydrogen) atoms. The number of carbonyl (C=O) groups excluding carboxylic acids is 1. The Morgan fingerprint density at radius 1 is 0.972 bits per heavy atom. The number of rotatable bonds is 9. The molecule has 1 amide bonds. The molecule has 0 heterocycles. The van der Waals surface area contributed by atoms with Crippen molar-refractivity contribution in [1.82, 2.24) is 4.31 Å². The minimum Gasteiger partial charge on any atom is -0.384 e. The van der Waals surface area contributed by atoms with Crippen LogP contribution in [0.5, 0.6) is 0 Å². The van der Waals surface area contributed by atoms with Crippen molar-refractivity contribution in [1.29, 1.82) is 5.41 Å². The van der Waals surface area contributed by atoms with Gasteiger partial charge < -0.3 is 11.1 Å². The lowest BCUT2D eigenvalue weighted by atomic mass is 10.0. The summed E-state index contributed by atoms with van der Waals surface area (Å²) in [6.45, 7) is 0. The van der Waals surface area contributed by atoms with E-state index in [1.807, 2.05) is 0 Å². The predicted molar refractivity (Wildman–Crippen MR) is 141 cm³/mol. The van der Waals surface area contributed by atoms with Crippen LogP contribution in [0.3, 0.4) is 0 Å². The van der Waals surface area contributed by atoms with Crippen LogP contribution in [-0.4, -0.2) is 58.5 Å². The zero-order valence-corrected chi connectivity index (χ0v) is 21.7. The van der Waals surface area contributed by atoms with Gasteiger partial charge >= 0.3 is 0 Å². The highest BCUT2D eigenvalue weighted by atomic mass is 32.2. The van der Waals surface area contributed by atoms with Crippen molar-refractivity contribution in [3.63, 3.8) is 0 Å². The lowest BCUT2D eigenvalue weighted by Gasteiger charge is -2.25. The number of sulfone groups is 1. The van der Waals surface area contributed by atoms with Crippen LogP contribution in [0.2, 0.25) is 0 Å². The van der Waals surface area contributed by atoms with Crippen molar-refractivity contribution in [2.24, 2.45) is 5.73 Å². The van der Waals surface area contributed by atoms with E-state index in [4.69, 9.17) is 11.1 Å². The lowest BCUT2D eigenvalue weighted by Crippen LogP contribution is -2.46. The van der Waals surface area contributed by atoms with Gasteiger partial charge in [-0.25, -0.2) is 16.8 Å². The molecule has 9 nitrogen and oxygen atoms in total. The number of benzene rings is 3. The summed E-state index contributed by atoms with van der Waals surface area (Å²) in [6, 6.07) is 18.9. The summed E-state index contributed by atoms with van der Waals surface area (Å²) < 4.78 is 49.8. The predicted octanol–water partition coefficient (Wildman–Crippen LogP) is 2.48. The number of amidine groups is 1. The summed E-state index contributed by atoms with van der Waals surface area (Å²) in [6.07, 6.45) is 2.23. The van der Waals surface area contributed by atoms with Gasteiger partial charge in [0, 0.05) is 30.1 Å². The fraction of sp³-hybridized carbons (Fsp3) is 0.200. The highest BCUT2D eigenvalue weighted by Gasteiger charge is 2.29. The van der Waals surface area contributed by atoms with Crippen LogP contribution < -0.4 is 11.1 Å². The monoisotopic (exact) mass is 528 g/mol. The van der Waals surface area contributed by atoms with Gasteiger partial charge in [0.05, 0.1) is 11.2 Å². The first-order valence-electron chi connectivity index (χ1n) is 10.8. The standard InChI is InChI=1S/C25H28N4O5S2/c1-29(36(3,33)34)22(16-17-7-6-8-19(15-17)24(26)27)25(30)28-20-13-11-18(12-14-20)21-9-4-5-10-23(21)35(2,31)32/h4-15,22H,16H2,1-3H3,(H3,26,27)(H,28,30)/t22-/m0/s1. The summed E-state index contributed by atoms with van der Waals surface area (Å²) in [7, 11) is -5.80. The maximum atomic E-state index is 13.2. The number of hydrogen-bond donors (Lipinski definition) is 3. The largest absolute Gasteiger partial charge is 0.384 e. The van der Waals surface area contributed by atoms with Gasteiger partial charge in [0.15, 0.2) is 9.84 Å². The Bertz CT molecular complexity index is 1500. The first-order chi connectivity index (χ1) is 16.8.